The molecule has 4 atom stereocenters. The molecule has 2 amide bonds. The molecule has 1 aromatic rings. The number of hydrogen-bond donors (Lipinski definition) is 2. The summed E-state index contributed by atoms with van der Waals surface area (Å²) < 4.78 is 1.23. The number of aromatic nitrogens is 2. The van der Waals surface area contributed by atoms with Gasteiger partial charge in [0.25, 0.3) is 5.56 Å². The SMILES string of the molecule is Cc1cn(CC(=O)N2C[C@H]3C[C@@H](C2)[C@H](CO)N2C(=O)CCC[C@@H]32)c(=O)[nH]c1=O. The van der Waals surface area contributed by atoms with E-state index in [1.807, 2.05) is 4.90 Å². The fourth-order valence-corrected chi connectivity index (χ4v) is 5.19. The number of fused-ring (bicyclic) bond motifs is 4. The summed E-state index contributed by atoms with van der Waals surface area (Å²) in [6, 6.07) is -0.175. The number of likely N-dealkylation sites (tertiary alicyclic amines) is 1. The molecule has 0 radical (unpaired) electrons. The highest BCUT2D eigenvalue weighted by Gasteiger charge is 2.49. The van der Waals surface area contributed by atoms with Gasteiger partial charge in [0.15, 0.2) is 0 Å². The normalized spacial score (nSPS) is 29.6. The van der Waals surface area contributed by atoms with Crippen molar-refractivity contribution < 1.29 is 14.7 Å². The van der Waals surface area contributed by atoms with E-state index in [4.69, 9.17) is 0 Å². The van der Waals surface area contributed by atoms with Crippen molar-refractivity contribution in [3.8, 4) is 0 Å². The van der Waals surface area contributed by atoms with E-state index in [-0.39, 0.29) is 48.9 Å². The number of aryl methyl sites for hydroxylation is 1. The summed E-state index contributed by atoms with van der Waals surface area (Å²) in [5.41, 5.74) is -0.674. The number of rotatable bonds is 3. The lowest BCUT2D eigenvalue weighted by Gasteiger charge is -2.56. The molecule has 152 valence electrons. The second-order valence-electron chi connectivity index (χ2n) is 8.26. The predicted molar refractivity (Wildman–Crippen MR) is 99.6 cm³/mol. The average molecular weight is 390 g/mol. The van der Waals surface area contributed by atoms with E-state index in [2.05, 4.69) is 4.98 Å². The van der Waals surface area contributed by atoms with E-state index < -0.39 is 11.2 Å². The molecule has 4 heterocycles. The highest BCUT2D eigenvalue weighted by atomic mass is 16.3. The Morgan fingerprint density at radius 3 is 2.75 bits per heavy atom. The molecule has 1 aromatic heterocycles. The third kappa shape index (κ3) is 3.17. The molecule has 3 fully saturated rings. The largest absolute Gasteiger partial charge is 0.394 e. The molecule has 28 heavy (non-hydrogen) atoms. The Kier molecular flexibility index (Phi) is 4.86. The van der Waals surface area contributed by atoms with E-state index in [0.717, 1.165) is 19.3 Å². The average Bonchev–Trinajstić information content (AvgIpc) is 2.67. The highest BCUT2D eigenvalue weighted by molar-refractivity contribution is 5.78. The minimum Gasteiger partial charge on any atom is -0.394 e. The molecule has 9 nitrogen and oxygen atoms in total. The van der Waals surface area contributed by atoms with Crippen LogP contribution in [-0.2, 0) is 16.1 Å². The molecule has 0 unspecified atom stereocenters. The Morgan fingerprint density at radius 1 is 1.25 bits per heavy atom. The fraction of sp³-hybridized carbons (Fsp3) is 0.684. The summed E-state index contributed by atoms with van der Waals surface area (Å²) in [5.74, 6) is 0.166. The van der Waals surface area contributed by atoms with Crippen LogP contribution in [0.3, 0.4) is 0 Å². The number of carbonyl (C=O) groups excluding carboxylic acids is 2. The first-order valence-electron chi connectivity index (χ1n) is 9.89. The smallest absolute Gasteiger partial charge is 0.328 e. The second kappa shape index (κ2) is 7.20. The van der Waals surface area contributed by atoms with E-state index in [1.54, 1.807) is 11.8 Å². The maximum atomic E-state index is 12.9. The van der Waals surface area contributed by atoms with Crippen molar-refractivity contribution in [1.82, 2.24) is 19.4 Å². The van der Waals surface area contributed by atoms with Crippen molar-refractivity contribution in [2.24, 2.45) is 11.8 Å². The monoisotopic (exact) mass is 390 g/mol. The number of carbonyl (C=O) groups is 2. The van der Waals surface area contributed by atoms with Crippen LogP contribution in [0.2, 0.25) is 0 Å². The Morgan fingerprint density at radius 2 is 2.00 bits per heavy atom. The van der Waals surface area contributed by atoms with Crippen LogP contribution in [0.1, 0.15) is 31.2 Å². The van der Waals surface area contributed by atoms with Crippen LogP contribution in [0.4, 0.5) is 0 Å². The number of amides is 2. The summed E-state index contributed by atoms with van der Waals surface area (Å²) in [6.45, 7) is 2.38. The molecule has 0 saturated carbocycles. The molecule has 2 N–H and O–H groups in total. The Hall–Kier alpha value is -2.42. The lowest BCUT2D eigenvalue weighted by Crippen LogP contribution is -2.66. The molecule has 9 heteroatoms. The van der Waals surface area contributed by atoms with E-state index in [1.165, 1.54) is 10.8 Å². The van der Waals surface area contributed by atoms with Crippen LogP contribution < -0.4 is 11.2 Å². The molecule has 3 aliphatic rings. The van der Waals surface area contributed by atoms with Crippen LogP contribution in [-0.4, -0.2) is 68.1 Å². The lowest BCUT2D eigenvalue weighted by molar-refractivity contribution is -0.159. The zero-order valence-corrected chi connectivity index (χ0v) is 16.0. The van der Waals surface area contributed by atoms with Crippen LogP contribution in [0.15, 0.2) is 15.8 Å². The van der Waals surface area contributed by atoms with Crippen molar-refractivity contribution in [2.45, 2.75) is 51.2 Å². The number of aliphatic hydroxyl groups is 1. The van der Waals surface area contributed by atoms with Crippen LogP contribution >= 0.6 is 0 Å². The number of nitrogens with zero attached hydrogens (tertiary/aromatic N) is 3. The lowest BCUT2D eigenvalue weighted by atomic mass is 9.72. The zero-order chi connectivity index (χ0) is 20.0. The summed E-state index contributed by atoms with van der Waals surface area (Å²) in [5, 5.41) is 9.94. The van der Waals surface area contributed by atoms with Gasteiger partial charge in [0.05, 0.1) is 12.6 Å². The van der Waals surface area contributed by atoms with Crippen molar-refractivity contribution in [1.29, 1.82) is 0 Å². The number of aliphatic hydroxyl groups excluding tert-OH is 1. The van der Waals surface area contributed by atoms with E-state index >= 15 is 0 Å². The fourth-order valence-electron chi connectivity index (χ4n) is 5.19. The Labute approximate surface area is 161 Å². The minimum absolute atomic E-state index is 0.0417. The van der Waals surface area contributed by atoms with Gasteiger partial charge in [-0.1, -0.05) is 0 Å². The van der Waals surface area contributed by atoms with Crippen LogP contribution in [0, 0.1) is 18.8 Å². The highest BCUT2D eigenvalue weighted by Crippen LogP contribution is 2.41. The summed E-state index contributed by atoms with van der Waals surface area (Å²) in [6.07, 6.45) is 4.59. The molecule has 0 aliphatic carbocycles. The van der Waals surface area contributed by atoms with Gasteiger partial charge < -0.3 is 14.9 Å². The molecular formula is C19H26N4O5. The minimum atomic E-state index is -0.599. The van der Waals surface area contributed by atoms with Gasteiger partial charge in [-0.3, -0.25) is 23.9 Å². The molecule has 3 saturated heterocycles. The molecule has 3 aliphatic heterocycles. The maximum Gasteiger partial charge on any atom is 0.328 e. The van der Waals surface area contributed by atoms with Crippen molar-refractivity contribution in [3.63, 3.8) is 0 Å². The number of nitrogens with one attached hydrogen (secondary N) is 1. The van der Waals surface area contributed by atoms with Gasteiger partial charge in [0.2, 0.25) is 11.8 Å². The Bertz CT molecular complexity index is 892. The van der Waals surface area contributed by atoms with Gasteiger partial charge in [0.1, 0.15) is 6.54 Å². The van der Waals surface area contributed by atoms with Crippen molar-refractivity contribution in [3.05, 3.63) is 32.6 Å². The quantitative estimate of drug-likeness (QED) is 0.692. The molecule has 2 bridgehead atoms. The van der Waals surface area contributed by atoms with Gasteiger partial charge in [0, 0.05) is 37.3 Å². The zero-order valence-electron chi connectivity index (χ0n) is 16.0. The van der Waals surface area contributed by atoms with E-state index in [0.29, 0.717) is 25.1 Å². The second-order valence-corrected chi connectivity index (χ2v) is 8.26. The topological polar surface area (TPSA) is 116 Å². The molecular weight excluding hydrogens is 364 g/mol. The van der Waals surface area contributed by atoms with Gasteiger partial charge in [-0.25, -0.2) is 4.79 Å². The standard InChI is InChI=1S/C19H26N4O5/c1-11-6-22(19(28)20-18(11)27)9-17(26)21-7-12-5-13(8-21)15(10-24)23-14(12)3-2-4-16(23)25/h6,12-15,24H,2-5,7-10H2,1H3,(H,20,27,28)/t12-,13+,14+,15+/m1/s1. The van der Waals surface area contributed by atoms with E-state index in [9.17, 15) is 24.3 Å². The van der Waals surface area contributed by atoms with Crippen LogP contribution in [0.5, 0.6) is 0 Å². The van der Waals surface area contributed by atoms with Gasteiger partial charge >= 0.3 is 5.69 Å². The Balaban J connectivity index is 1.54. The van der Waals surface area contributed by atoms with Gasteiger partial charge in [-0.05, 0) is 38.0 Å². The summed E-state index contributed by atoms with van der Waals surface area (Å²) >= 11 is 0. The molecule has 0 spiro atoms. The first kappa shape index (κ1) is 18.9. The number of piperidine rings is 3. The van der Waals surface area contributed by atoms with Gasteiger partial charge in [-0.2, -0.15) is 0 Å². The molecule has 4 rings (SSSR count). The third-order valence-corrected chi connectivity index (χ3v) is 6.53. The van der Waals surface area contributed by atoms with Crippen molar-refractivity contribution in [2.75, 3.05) is 19.7 Å². The van der Waals surface area contributed by atoms with Crippen LogP contribution in [0.25, 0.3) is 0 Å². The first-order chi connectivity index (χ1) is 13.4. The summed E-state index contributed by atoms with van der Waals surface area (Å²) in [4.78, 5) is 54.7. The van der Waals surface area contributed by atoms with Gasteiger partial charge in [-0.15, -0.1) is 0 Å². The first-order valence-corrected chi connectivity index (χ1v) is 9.89. The van der Waals surface area contributed by atoms with Crippen molar-refractivity contribution >= 4 is 11.8 Å². The summed E-state index contributed by atoms with van der Waals surface area (Å²) in [7, 11) is 0. The number of hydrogen-bond acceptors (Lipinski definition) is 5. The predicted octanol–water partition coefficient (Wildman–Crippen LogP) is -0.935. The molecule has 0 aromatic carbocycles. The number of H-pyrrole nitrogens is 1. The number of aromatic amines is 1. The maximum absolute atomic E-state index is 12.9. The third-order valence-electron chi connectivity index (χ3n) is 6.53.